The number of benzene rings is 1. The van der Waals surface area contributed by atoms with Gasteiger partial charge in [-0.3, -0.25) is 14.4 Å². The van der Waals surface area contributed by atoms with Crippen LogP contribution in [-0.2, 0) is 9.59 Å². The zero-order chi connectivity index (χ0) is 19.6. The SMILES string of the molecule is CCCN1CC(C(=O)N2CCN(C(=O)c3ccc(C)c(C)c3)CC2)CC1=O. The van der Waals surface area contributed by atoms with E-state index in [1.165, 1.54) is 5.56 Å². The lowest BCUT2D eigenvalue weighted by atomic mass is 10.0. The van der Waals surface area contributed by atoms with Gasteiger partial charge in [-0.25, -0.2) is 0 Å². The van der Waals surface area contributed by atoms with E-state index in [1.54, 1.807) is 4.90 Å². The molecule has 1 aromatic carbocycles. The molecule has 0 aliphatic carbocycles. The summed E-state index contributed by atoms with van der Waals surface area (Å²) in [5.74, 6) is -0.0691. The fraction of sp³-hybridized carbons (Fsp3) is 0.571. The number of nitrogens with zero attached hydrogens (tertiary/aromatic N) is 3. The van der Waals surface area contributed by atoms with E-state index < -0.39 is 0 Å². The summed E-state index contributed by atoms with van der Waals surface area (Å²) in [7, 11) is 0. The minimum Gasteiger partial charge on any atom is -0.342 e. The molecule has 2 heterocycles. The van der Waals surface area contributed by atoms with Crippen LogP contribution in [0.15, 0.2) is 18.2 Å². The van der Waals surface area contributed by atoms with Gasteiger partial charge in [-0.2, -0.15) is 0 Å². The zero-order valence-electron chi connectivity index (χ0n) is 16.5. The highest BCUT2D eigenvalue weighted by Gasteiger charge is 2.37. The molecule has 0 radical (unpaired) electrons. The second-order valence-corrected chi connectivity index (χ2v) is 7.66. The van der Waals surface area contributed by atoms with Gasteiger partial charge in [0, 0.05) is 51.3 Å². The third-order valence-electron chi connectivity index (χ3n) is 5.69. The summed E-state index contributed by atoms with van der Waals surface area (Å²) in [6.45, 7) is 9.48. The van der Waals surface area contributed by atoms with Crippen molar-refractivity contribution in [3.05, 3.63) is 34.9 Å². The average Bonchev–Trinajstić information content (AvgIpc) is 3.04. The Morgan fingerprint density at radius 1 is 1.04 bits per heavy atom. The number of hydrogen-bond acceptors (Lipinski definition) is 3. The molecule has 0 N–H and O–H groups in total. The number of hydrogen-bond donors (Lipinski definition) is 0. The van der Waals surface area contributed by atoms with Crippen molar-refractivity contribution in [1.82, 2.24) is 14.7 Å². The molecule has 3 rings (SSSR count). The zero-order valence-corrected chi connectivity index (χ0v) is 16.5. The van der Waals surface area contributed by atoms with Gasteiger partial charge < -0.3 is 14.7 Å². The largest absolute Gasteiger partial charge is 0.342 e. The first-order valence-electron chi connectivity index (χ1n) is 9.83. The Labute approximate surface area is 161 Å². The fourth-order valence-electron chi connectivity index (χ4n) is 3.87. The van der Waals surface area contributed by atoms with Gasteiger partial charge in [0.15, 0.2) is 0 Å². The van der Waals surface area contributed by atoms with Crippen molar-refractivity contribution in [3.63, 3.8) is 0 Å². The van der Waals surface area contributed by atoms with Crippen LogP contribution in [0.5, 0.6) is 0 Å². The van der Waals surface area contributed by atoms with E-state index >= 15 is 0 Å². The Morgan fingerprint density at radius 2 is 1.70 bits per heavy atom. The van der Waals surface area contributed by atoms with E-state index in [0.29, 0.717) is 44.7 Å². The third kappa shape index (κ3) is 4.15. The van der Waals surface area contributed by atoms with Crippen LogP contribution in [0, 0.1) is 19.8 Å². The summed E-state index contributed by atoms with van der Waals surface area (Å²) in [5.41, 5.74) is 2.98. The van der Waals surface area contributed by atoms with E-state index in [1.807, 2.05) is 48.8 Å². The first-order chi connectivity index (χ1) is 12.9. The maximum absolute atomic E-state index is 12.8. The van der Waals surface area contributed by atoms with Crippen molar-refractivity contribution >= 4 is 17.7 Å². The Morgan fingerprint density at radius 3 is 2.33 bits per heavy atom. The lowest BCUT2D eigenvalue weighted by molar-refractivity contribution is -0.137. The van der Waals surface area contributed by atoms with Crippen molar-refractivity contribution in [3.8, 4) is 0 Å². The summed E-state index contributed by atoms with van der Waals surface area (Å²) in [6.07, 6.45) is 1.23. The lowest BCUT2D eigenvalue weighted by Crippen LogP contribution is -2.52. The van der Waals surface area contributed by atoms with Gasteiger partial charge in [0.25, 0.3) is 5.91 Å². The maximum atomic E-state index is 12.8. The Bertz CT molecular complexity index is 738. The summed E-state index contributed by atoms with van der Waals surface area (Å²) in [4.78, 5) is 42.9. The van der Waals surface area contributed by atoms with Crippen LogP contribution >= 0.6 is 0 Å². The van der Waals surface area contributed by atoms with Gasteiger partial charge in [0.2, 0.25) is 11.8 Å². The monoisotopic (exact) mass is 371 g/mol. The topological polar surface area (TPSA) is 60.9 Å². The Kier molecular flexibility index (Phi) is 5.82. The lowest BCUT2D eigenvalue weighted by Gasteiger charge is -2.36. The van der Waals surface area contributed by atoms with Crippen LogP contribution in [0.4, 0.5) is 0 Å². The normalized spacial score (nSPS) is 20.3. The predicted octanol–water partition coefficient (Wildman–Crippen LogP) is 1.85. The number of carbonyl (C=O) groups is 3. The molecule has 2 saturated heterocycles. The van der Waals surface area contributed by atoms with Crippen LogP contribution in [0.25, 0.3) is 0 Å². The molecule has 1 aromatic rings. The van der Waals surface area contributed by atoms with Crippen LogP contribution in [0.3, 0.4) is 0 Å². The van der Waals surface area contributed by atoms with E-state index in [0.717, 1.165) is 18.5 Å². The molecule has 1 atom stereocenters. The van der Waals surface area contributed by atoms with E-state index in [2.05, 4.69) is 0 Å². The van der Waals surface area contributed by atoms with Crippen LogP contribution < -0.4 is 0 Å². The highest BCUT2D eigenvalue weighted by atomic mass is 16.2. The number of amides is 3. The summed E-state index contributed by atoms with van der Waals surface area (Å²) in [6, 6.07) is 5.78. The number of piperazine rings is 1. The van der Waals surface area contributed by atoms with E-state index in [9.17, 15) is 14.4 Å². The van der Waals surface area contributed by atoms with Gasteiger partial charge in [-0.1, -0.05) is 13.0 Å². The number of likely N-dealkylation sites (tertiary alicyclic amines) is 1. The molecule has 2 aliphatic heterocycles. The number of rotatable bonds is 4. The van der Waals surface area contributed by atoms with Crippen molar-refractivity contribution in [2.75, 3.05) is 39.3 Å². The average molecular weight is 371 g/mol. The quantitative estimate of drug-likeness (QED) is 0.811. The van der Waals surface area contributed by atoms with Crippen molar-refractivity contribution in [2.24, 2.45) is 5.92 Å². The summed E-state index contributed by atoms with van der Waals surface area (Å²) in [5, 5.41) is 0. The predicted molar refractivity (Wildman–Crippen MR) is 103 cm³/mol. The minimum absolute atomic E-state index is 0.0235. The standard InChI is InChI=1S/C21H29N3O3/c1-4-7-24-14-18(13-19(24)25)21(27)23-10-8-22(9-11-23)20(26)17-6-5-15(2)16(3)12-17/h5-6,12,18H,4,7-11,13-14H2,1-3H3. The highest BCUT2D eigenvalue weighted by Crippen LogP contribution is 2.21. The first kappa shape index (κ1) is 19.4. The summed E-state index contributed by atoms with van der Waals surface area (Å²) >= 11 is 0. The van der Waals surface area contributed by atoms with Gasteiger partial charge in [0.05, 0.1) is 5.92 Å². The minimum atomic E-state index is -0.231. The Hall–Kier alpha value is -2.37. The highest BCUT2D eigenvalue weighted by molar-refractivity contribution is 5.95. The molecule has 2 aliphatic rings. The molecule has 3 amide bonds. The summed E-state index contributed by atoms with van der Waals surface area (Å²) < 4.78 is 0. The second-order valence-electron chi connectivity index (χ2n) is 7.66. The molecule has 6 nitrogen and oxygen atoms in total. The molecule has 0 aromatic heterocycles. The van der Waals surface area contributed by atoms with E-state index in [-0.39, 0.29) is 23.6 Å². The van der Waals surface area contributed by atoms with Crippen LogP contribution in [0.1, 0.15) is 41.3 Å². The molecular formula is C21H29N3O3. The van der Waals surface area contributed by atoms with Crippen LogP contribution in [0.2, 0.25) is 0 Å². The smallest absolute Gasteiger partial charge is 0.253 e. The first-order valence-corrected chi connectivity index (χ1v) is 9.83. The fourth-order valence-corrected chi connectivity index (χ4v) is 3.87. The van der Waals surface area contributed by atoms with Gasteiger partial charge in [0.1, 0.15) is 0 Å². The molecular weight excluding hydrogens is 342 g/mol. The van der Waals surface area contributed by atoms with Gasteiger partial charge in [-0.15, -0.1) is 0 Å². The number of carbonyl (C=O) groups excluding carboxylic acids is 3. The van der Waals surface area contributed by atoms with Crippen molar-refractivity contribution in [2.45, 2.75) is 33.6 Å². The van der Waals surface area contributed by atoms with Gasteiger partial charge >= 0.3 is 0 Å². The Balaban J connectivity index is 1.55. The molecule has 0 bridgehead atoms. The van der Waals surface area contributed by atoms with Crippen molar-refractivity contribution < 1.29 is 14.4 Å². The van der Waals surface area contributed by atoms with E-state index in [4.69, 9.17) is 0 Å². The van der Waals surface area contributed by atoms with Crippen LogP contribution in [-0.4, -0.2) is 71.7 Å². The molecule has 0 saturated carbocycles. The molecule has 6 heteroatoms. The van der Waals surface area contributed by atoms with Gasteiger partial charge in [-0.05, 0) is 43.5 Å². The van der Waals surface area contributed by atoms with Crippen molar-refractivity contribution in [1.29, 1.82) is 0 Å². The molecule has 0 spiro atoms. The maximum Gasteiger partial charge on any atom is 0.253 e. The molecule has 2 fully saturated rings. The molecule has 1 unspecified atom stereocenters. The molecule has 146 valence electrons. The molecule has 27 heavy (non-hydrogen) atoms. The number of aryl methyl sites for hydroxylation is 2. The second kappa shape index (κ2) is 8.11. The third-order valence-corrected chi connectivity index (χ3v) is 5.69.